The summed E-state index contributed by atoms with van der Waals surface area (Å²) in [5, 5.41) is 22.4. The van der Waals surface area contributed by atoms with E-state index in [0.717, 1.165) is 0 Å². The van der Waals surface area contributed by atoms with Crippen LogP contribution in [0.25, 0.3) is 0 Å². The number of aromatic carboxylic acids is 1. The molecule has 2 rings (SSSR count). The van der Waals surface area contributed by atoms with Gasteiger partial charge in [0, 0.05) is 11.9 Å². The van der Waals surface area contributed by atoms with Gasteiger partial charge in [-0.1, -0.05) is 0 Å². The van der Waals surface area contributed by atoms with Gasteiger partial charge < -0.3 is 25.2 Å². The van der Waals surface area contributed by atoms with Crippen LogP contribution in [0.4, 0.5) is 4.79 Å². The highest BCUT2D eigenvalue weighted by atomic mass is 32.1. The van der Waals surface area contributed by atoms with Crippen LogP contribution in [0.15, 0.2) is 5.38 Å². The minimum atomic E-state index is -1.09. The maximum Gasteiger partial charge on any atom is 0.355 e. The van der Waals surface area contributed by atoms with Gasteiger partial charge in [-0.25, -0.2) is 14.6 Å². The minimum absolute atomic E-state index is 0.0223. The van der Waals surface area contributed by atoms with Gasteiger partial charge >= 0.3 is 12.0 Å². The minimum Gasteiger partial charge on any atom is -0.476 e. The summed E-state index contributed by atoms with van der Waals surface area (Å²) >= 11 is 1.18. The number of aliphatic hydroxyl groups excluding tert-OH is 1. The second-order valence-electron chi connectivity index (χ2n) is 4.21. The molecular formula is C11H15N3O5S. The molecule has 0 radical (unpaired) electrons. The van der Waals surface area contributed by atoms with Gasteiger partial charge in [-0.15, -0.1) is 11.3 Å². The SMILES string of the molecule is O=C(O)c1csc(CNC(=O)N2CCOC(CO)C2)n1. The maximum atomic E-state index is 11.9. The number of carboxylic acid groups (broad SMARTS) is 1. The van der Waals surface area contributed by atoms with Crippen LogP contribution in [0.1, 0.15) is 15.5 Å². The predicted octanol–water partition coefficient (Wildman–Crippen LogP) is -0.256. The molecule has 8 nitrogen and oxygen atoms in total. The zero-order valence-corrected chi connectivity index (χ0v) is 11.4. The third-order valence-corrected chi connectivity index (χ3v) is 3.64. The van der Waals surface area contributed by atoms with Crippen LogP contribution in [0, 0.1) is 0 Å². The van der Waals surface area contributed by atoms with E-state index in [1.807, 2.05) is 0 Å². The fourth-order valence-corrected chi connectivity index (χ4v) is 2.48. The van der Waals surface area contributed by atoms with E-state index in [4.69, 9.17) is 14.9 Å². The van der Waals surface area contributed by atoms with Gasteiger partial charge in [0.1, 0.15) is 5.01 Å². The highest BCUT2D eigenvalue weighted by molar-refractivity contribution is 7.09. The average Bonchev–Trinajstić information content (AvgIpc) is 2.94. The number of morpholine rings is 1. The lowest BCUT2D eigenvalue weighted by Crippen LogP contribution is -2.50. The Morgan fingerprint density at radius 3 is 3.05 bits per heavy atom. The van der Waals surface area contributed by atoms with Crippen molar-refractivity contribution in [1.82, 2.24) is 15.2 Å². The van der Waals surface area contributed by atoms with Gasteiger partial charge in [-0.2, -0.15) is 0 Å². The van der Waals surface area contributed by atoms with Crippen molar-refractivity contribution in [3.05, 3.63) is 16.1 Å². The van der Waals surface area contributed by atoms with Gasteiger partial charge in [0.25, 0.3) is 0 Å². The Balaban J connectivity index is 1.83. The number of thiazole rings is 1. The van der Waals surface area contributed by atoms with Crippen LogP contribution in [-0.2, 0) is 11.3 Å². The molecule has 0 saturated carbocycles. The third kappa shape index (κ3) is 3.65. The van der Waals surface area contributed by atoms with Crippen molar-refractivity contribution in [2.75, 3.05) is 26.3 Å². The van der Waals surface area contributed by atoms with E-state index in [0.29, 0.717) is 24.7 Å². The number of hydrogen-bond donors (Lipinski definition) is 3. The molecule has 2 heterocycles. The first-order valence-corrected chi connectivity index (χ1v) is 6.91. The average molecular weight is 301 g/mol. The molecule has 1 aromatic rings. The van der Waals surface area contributed by atoms with Gasteiger partial charge in [0.15, 0.2) is 5.69 Å². The summed E-state index contributed by atoms with van der Waals surface area (Å²) in [4.78, 5) is 28.0. The Labute approximate surface area is 119 Å². The molecular weight excluding hydrogens is 286 g/mol. The van der Waals surface area contributed by atoms with Crippen molar-refractivity contribution < 1.29 is 24.5 Å². The summed E-state index contributed by atoms with van der Waals surface area (Å²) in [7, 11) is 0. The van der Waals surface area contributed by atoms with Crippen LogP contribution >= 0.6 is 11.3 Å². The number of rotatable bonds is 4. The molecule has 0 aromatic carbocycles. The van der Waals surface area contributed by atoms with Crippen molar-refractivity contribution in [3.8, 4) is 0 Å². The summed E-state index contributed by atoms with van der Waals surface area (Å²) in [6.45, 7) is 1.23. The molecule has 0 spiro atoms. The summed E-state index contributed by atoms with van der Waals surface area (Å²) in [6, 6.07) is -0.279. The number of carbonyl (C=O) groups excluding carboxylic acids is 1. The van der Waals surface area contributed by atoms with Crippen LogP contribution in [0.2, 0.25) is 0 Å². The van der Waals surface area contributed by atoms with E-state index < -0.39 is 5.97 Å². The van der Waals surface area contributed by atoms with Gasteiger partial charge in [0.2, 0.25) is 0 Å². The quantitative estimate of drug-likeness (QED) is 0.706. The first kappa shape index (κ1) is 14.7. The lowest BCUT2D eigenvalue weighted by molar-refractivity contribution is -0.0403. The molecule has 0 bridgehead atoms. The topological polar surface area (TPSA) is 112 Å². The zero-order valence-electron chi connectivity index (χ0n) is 10.6. The normalized spacial score (nSPS) is 18.9. The number of aliphatic hydroxyl groups is 1. The predicted molar refractivity (Wildman–Crippen MR) is 69.7 cm³/mol. The van der Waals surface area contributed by atoms with E-state index in [-0.39, 0.29) is 31.0 Å². The van der Waals surface area contributed by atoms with E-state index in [9.17, 15) is 9.59 Å². The number of ether oxygens (including phenoxy) is 1. The molecule has 2 amide bonds. The fraction of sp³-hybridized carbons (Fsp3) is 0.545. The van der Waals surface area contributed by atoms with Crippen molar-refractivity contribution in [3.63, 3.8) is 0 Å². The molecule has 1 saturated heterocycles. The number of carbonyl (C=O) groups is 2. The van der Waals surface area contributed by atoms with Gasteiger partial charge in [-0.3, -0.25) is 0 Å². The molecule has 1 aromatic heterocycles. The van der Waals surface area contributed by atoms with Crippen LogP contribution in [0.3, 0.4) is 0 Å². The molecule has 1 unspecified atom stereocenters. The lowest BCUT2D eigenvalue weighted by atomic mass is 10.3. The summed E-state index contributed by atoms with van der Waals surface area (Å²) < 4.78 is 5.25. The largest absolute Gasteiger partial charge is 0.476 e. The Morgan fingerprint density at radius 2 is 2.40 bits per heavy atom. The molecule has 3 N–H and O–H groups in total. The zero-order chi connectivity index (χ0) is 14.5. The van der Waals surface area contributed by atoms with Crippen molar-refractivity contribution in [2.45, 2.75) is 12.6 Å². The molecule has 110 valence electrons. The molecule has 0 aliphatic carbocycles. The first-order chi connectivity index (χ1) is 9.60. The number of amides is 2. The molecule has 1 fully saturated rings. The summed E-state index contributed by atoms with van der Waals surface area (Å²) in [6.07, 6.45) is -0.354. The van der Waals surface area contributed by atoms with Gasteiger partial charge in [-0.05, 0) is 0 Å². The number of carboxylic acids is 1. The second-order valence-corrected chi connectivity index (χ2v) is 5.15. The van der Waals surface area contributed by atoms with Crippen molar-refractivity contribution in [2.24, 2.45) is 0 Å². The van der Waals surface area contributed by atoms with Crippen LogP contribution in [0.5, 0.6) is 0 Å². The van der Waals surface area contributed by atoms with E-state index in [1.54, 1.807) is 4.90 Å². The molecule has 9 heteroatoms. The summed E-state index contributed by atoms with van der Waals surface area (Å²) in [5.74, 6) is -1.09. The Hall–Kier alpha value is -1.71. The summed E-state index contributed by atoms with van der Waals surface area (Å²) in [5.41, 5.74) is -0.0223. The Morgan fingerprint density at radius 1 is 1.60 bits per heavy atom. The number of nitrogens with zero attached hydrogens (tertiary/aromatic N) is 2. The number of nitrogens with one attached hydrogen (secondary N) is 1. The van der Waals surface area contributed by atoms with Crippen LogP contribution in [-0.4, -0.2) is 64.5 Å². The number of hydrogen-bond acceptors (Lipinski definition) is 6. The number of aromatic nitrogens is 1. The lowest BCUT2D eigenvalue weighted by Gasteiger charge is -2.31. The molecule has 1 aliphatic heterocycles. The molecule has 1 aliphatic rings. The fourth-order valence-electron chi connectivity index (χ4n) is 1.77. The highest BCUT2D eigenvalue weighted by Gasteiger charge is 2.23. The molecule has 20 heavy (non-hydrogen) atoms. The second kappa shape index (κ2) is 6.64. The smallest absolute Gasteiger partial charge is 0.355 e. The molecule has 1 atom stereocenters. The monoisotopic (exact) mass is 301 g/mol. The maximum absolute atomic E-state index is 11.9. The van der Waals surface area contributed by atoms with Crippen LogP contribution < -0.4 is 5.32 Å². The Kier molecular flexibility index (Phi) is 4.88. The third-order valence-electron chi connectivity index (χ3n) is 2.79. The number of urea groups is 1. The van der Waals surface area contributed by atoms with E-state index in [2.05, 4.69) is 10.3 Å². The first-order valence-electron chi connectivity index (χ1n) is 6.03. The van der Waals surface area contributed by atoms with Gasteiger partial charge in [0.05, 0.1) is 32.4 Å². The van der Waals surface area contributed by atoms with Crippen molar-refractivity contribution >= 4 is 23.3 Å². The van der Waals surface area contributed by atoms with E-state index >= 15 is 0 Å². The van der Waals surface area contributed by atoms with Crippen molar-refractivity contribution in [1.29, 1.82) is 0 Å². The highest BCUT2D eigenvalue weighted by Crippen LogP contribution is 2.10. The Bertz CT molecular complexity index is 492. The van der Waals surface area contributed by atoms with E-state index in [1.165, 1.54) is 16.7 Å². The standard InChI is InChI=1S/C11H15N3O5S/c15-5-7-4-14(1-2-19-7)11(18)12-3-9-13-8(6-20-9)10(16)17/h6-7,15H,1-5H2,(H,12,18)(H,16,17).